The molecule has 3 heteroatoms. The first-order valence-electron chi connectivity index (χ1n) is 7.52. The van der Waals surface area contributed by atoms with Crippen LogP contribution in [-0.4, -0.2) is 0 Å². The van der Waals surface area contributed by atoms with Gasteiger partial charge >= 0.3 is 0 Å². The fourth-order valence-electron chi connectivity index (χ4n) is 2.53. The van der Waals surface area contributed by atoms with Crippen molar-refractivity contribution < 1.29 is 0 Å². The fourth-order valence-corrected chi connectivity index (χ4v) is 3.66. The Hall–Kier alpha value is -1.16. The van der Waals surface area contributed by atoms with Gasteiger partial charge in [0.2, 0.25) is 0 Å². The first-order valence-corrected chi connectivity index (χ1v) is 9.90. The van der Waals surface area contributed by atoms with E-state index >= 15 is 0 Å². The second-order valence-corrected chi connectivity index (χ2v) is 8.38. The number of halogens is 3. The van der Waals surface area contributed by atoms with Gasteiger partial charge in [0, 0.05) is 13.4 Å². The smallest absolute Gasteiger partial charge is 0.0181 e. The standard InChI is InChI=1S/C11H9Br.C10H6Br2/c1-8-2-3-9-4-5-11(12)7-10(9)6-8;11-9-3-1-7-2-4-10(12)6-8(7)5-9/h2-7H,1H3;1-6H. The van der Waals surface area contributed by atoms with Crippen LogP contribution in [0.4, 0.5) is 0 Å². The maximum absolute atomic E-state index is 3.46. The van der Waals surface area contributed by atoms with Crippen LogP contribution in [0.1, 0.15) is 5.56 Å². The summed E-state index contributed by atoms with van der Waals surface area (Å²) in [4.78, 5) is 0. The van der Waals surface area contributed by atoms with Gasteiger partial charge in [-0.15, -0.1) is 0 Å². The van der Waals surface area contributed by atoms with Crippen LogP contribution < -0.4 is 0 Å². The van der Waals surface area contributed by atoms with E-state index in [1.807, 2.05) is 0 Å². The summed E-state index contributed by atoms with van der Waals surface area (Å²) in [6, 6.07) is 25.3. The monoisotopic (exact) mass is 504 g/mol. The van der Waals surface area contributed by atoms with Crippen molar-refractivity contribution in [1.29, 1.82) is 0 Å². The number of fused-ring (bicyclic) bond motifs is 2. The lowest BCUT2D eigenvalue weighted by atomic mass is 10.1. The molecule has 0 aliphatic carbocycles. The minimum absolute atomic E-state index is 1.12. The van der Waals surface area contributed by atoms with Crippen molar-refractivity contribution in [2.75, 3.05) is 0 Å². The molecule has 0 aliphatic heterocycles. The molecule has 0 N–H and O–H groups in total. The molecule has 0 unspecified atom stereocenters. The van der Waals surface area contributed by atoms with Crippen molar-refractivity contribution in [2.24, 2.45) is 0 Å². The van der Waals surface area contributed by atoms with E-state index in [0.29, 0.717) is 0 Å². The summed E-state index contributed by atoms with van der Waals surface area (Å²) >= 11 is 10.3. The van der Waals surface area contributed by atoms with E-state index in [9.17, 15) is 0 Å². The normalized spacial score (nSPS) is 10.5. The third-order valence-corrected chi connectivity index (χ3v) is 5.20. The van der Waals surface area contributed by atoms with E-state index in [-0.39, 0.29) is 0 Å². The summed E-state index contributed by atoms with van der Waals surface area (Å²) in [5.41, 5.74) is 1.31. The van der Waals surface area contributed by atoms with Gasteiger partial charge in [-0.2, -0.15) is 0 Å². The Kier molecular flexibility index (Phi) is 5.75. The minimum Gasteiger partial charge on any atom is -0.0587 e. The van der Waals surface area contributed by atoms with Crippen LogP contribution in [0, 0.1) is 6.92 Å². The molecule has 0 saturated heterocycles. The molecule has 0 aromatic heterocycles. The van der Waals surface area contributed by atoms with E-state index in [2.05, 4.69) is 128 Å². The lowest BCUT2D eigenvalue weighted by Gasteiger charge is -1.99. The molecule has 120 valence electrons. The van der Waals surface area contributed by atoms with E-state index in [1.165, 1.54) is 27.1 Å². The van der Waals surface area contributed by atoms with Gasteiger partial charge < -0.3 is 0 Å². The molecule has 24 heavy (non-hydrogen) atoms. The predicted molar refractivity (Wildman–Crippen MR) is 116 cm³/mol. The Labute approximate surface area is 167 Å². The molecule has 0 saturated carbocycles. The van der Waals surface area contributed by atoms with Crippen molar-refractivity contribution in [1.82, 2.24) is 0 Å². The Morgan fingerprint density at radius 2 is 0.833 bits per heavy atom. The minimum atomic E-state index is 1.12. The quantitative estimate of drug-likeness (QED) is 0.225. The molecule has 0 aliphatic rings. The largest absolute Gasteiger partial charge is 0.0587 e. The average molecular weight is 507 g/mol. The van der Waals surface area contributed by atoms with Crippen molar-refractivity contribution in [3.05, 3.63) is 91.8 Å². The summed E-state index contributed by atoms with van der Waals surface area (Å²) in [5, 5.41) is 5.10. The van der Waals surface area contributed by atoms with Crippen molar-refractivity contribution in [3.63, 3.8) is 0 Å². The maximum Gasteiger partial charge on any atom is 0.0181 e. The molecule has 0 heterocycles. The SMILES string of the molecule is Brc1ccc2ccc(Br)cc2c1.Cc1ccc2ccc(Br)cc2c1. The molecule has 0 radical (unpaired) electrons. The first kappa shape index (κ1) is 17.7. The van der Waals surface area contributed by atoms with Gasteiger partial charge in [0.25, 0.3) is 0 Å². The molecular formula is C21H15Br3. The Morgan fingerprint density at radius 1 is 0.458 bits per heavy atom. The molecule has 0 amide bonds. The van der Waals surface area contributed by atoms with Crippen LogP contribution in [-0.2, 0) is 0 Å². The predicted octanol–water partition coefficient (Wildman–Crippen LogP) is 8.28. The molecule has 0 spiro atoms. The first-order chi connectivity index (χ1) is 11.5. The maximum atomic E-state index is 3.46. The van der Waals surface area contributed by atoms with Crippen molar-refractivity contribution in [3.8, 4) is 0 Å². The molecule has 4 rings (SSSR count). The van der Waals surface area contributed by atoms with Gasteiger partial charge in [0.05, 0.1) is 0 Å². The Morgan fingerprint density at radius 3 is 1.29 bits per heavy atom. The van der Waals surface area contributed by atoms with Gasteiger partial charge in [-0.05, 0) is 64.9 Å². The molecule has 4 aromatic carbocycles. The number of hydrogen-bond donors (Lipinski definition) is 0. The second kappa shape index (κ2) is 7.81. The fraction of sp³-hybridized carbons (Fsp3) is 0.0476. The van der Waals surface area contributed by atoms with Gasteiger partial charge in [-0.1, -0.05) is 89.8 Å². The molecule has 0 atom stereocenters. The van der Waals surface area contributed by atoms with Crippen LogP contribution in [0.3, 0.4) is 0 Å². The van der Waals surface area contributed by atoms with E-state index in [0.717, 1.165) is 13.4 Å². The van der Waals surface area contributed by atoms with E-state index in [1.54, 1.807) is 0 Å². The zero-order chi connectivity index (χ0) is 17.1. The van der Waals surface area contributed by atoms with Gasteiger partial charge in [-0.25, -0.2) is 0 Å². The van der Waals surface area contributed by atoms with Crippen molar-refractivity contribution in [2.45, 2.75) is 6.92 Å². The summed E-state index contributed by atoms with van der Waals surface area (Å²) in [7, 11) is 0. The number of aryl methyl sites for hydroxylation is 1. The van der Waals surface area contributed by atoms with Crippen LogP contribution in [0.25, 0.3) is 21.5 Å². The molecule has 4 aromatic rings. The van der Waals surface area contributed by atoms with Gasteiger partial charge in [-0.3, -0.25) is 0 Å². The highest BCUT2D eigenvalue weighted by Gasteiger charge is 1.95. The van der Waals surface area contributed by atoms with Crippen molar-refractivity contribution >= 4 is 69.3 Å². The van der Waals surface area contributed by atoms with Crippen LogP contribution in [0.15, 0.2) is 86.2 Å². The van der Waals surface area contributed by atoms with E-state index < -0.39 is 0 Å². The lowest BCUT2D eigenvalue weighted by molar-refractivity contribution is 1.50. The molecule has 0 fully saturated rings. The third kappa shape index (κ3) is 4.47. The van der Waals surface area contributed by atoms with E-state index in [4.69, 9.17) is 0 Å². The third-order valence-electron chi connectivity index (χ3n) is 3.72. The highest BCUT2D eigenvalue weighted by molar-refractivity contribution is 9.11. The summed E-state index contributed by atoms with van der Waals surface area (Å²) in [5.74, 6) is 0. The zero-order valence-electron chi connectivity index (χ0n) is 13.1. The number of hydrogen-bond acceptors (Lipinski definition) is 0. The summed E-state index contributed by atoms with van der Waals surface area (Å²) < 4.78 is 3.38. The topological polar surface area (TPSA) is 0 Å². The Bertz CT molecular complexity index is 849. The highest BCUT2D eigenvalue weighted by Crippen LogP contribution is 2.23. The zero-order valence-corrected chi connectivity index (χ0v) is 17.8. The Balaban J connectivity index is 0.000000141. The van der Waals surface area contributed by atoms with Gasteiger partial charge in [0.15, 0.2) is 0 Å². The summed E-state index contributed by atoms with van der Waals surface area (Å²) in [6.07, 6.45) is 0. The average Bonchev–Trinajstić information content (AvgIpc) is 2.54. The second-order valence-electron chi connectivity index (χ2n) is 5.63. The lowest BCUT2D eigenvalue weighted by Crippen LogP contribution is -1.74. The highest BCUT2D eigenvalue weighted by atomic mass is 79.9. The van der Waals surface area contributed by atoms with Crippen LogP contribution in [0.2, 0.25) is 0 Å². The summed E-state index contributed by atoms with van der Waals surface area (Å²) in [6.45, 7) is 2.11. The van der Waals surface area contributed by atoms with Crippen LogP contribution >= 0.6 is 47.8 Å². The molecule has 0 bridgehead atoms. The van der Waals surface area contributed by atoms with Crippen LogP contribution in [0.5, 0.6) is 0 Å². The van der Waals surface area contributed by atoms with Gasteiger partial charge in [0.1, 0.15) is 0 Å². The number of rotatable bonds is 0. The molecular weight excluding hydrogens is 492 g/mol. The molecule has 0 nitrogen and oxygen atoms in total. The number of benzene rings is 4.